The Balaban J connectivity index is 0.00000180. The van der Waals surface area contributed by atoms with Gasteiger partial charge < -0.3 is 11.1 Å². The van der Waals surface area contributed by atoms with Crippen LogP contribution >= 0.6 is 35.6 Å². The van der Waals surface area contributed by atoms with Gasteiger partial charge in [-0.15, -0.1) is 12.4 Å². The molecule has 19 heavy (non-hydrogen) atoms. The summed E-state index contributed by atoms with van der Waals surface area (Å²) in [7, 11) is 0. The van der Waals surface area contributed by atoms with Crippen LogP contribution in [-0.2, 0) is 4.79 Å². The highest BCUT2D eigenvalue weighted by Gasteiger charge is 2.46. The lowest BCUT2D eigenvalue weighted by Crippen LogP contribution is -2.43. The zero-order valence-electron chi connectivity index (χ0n) is 10.2. The van der Waals surface area contributed by atoms with Crippen LogP contribution in [0.5, 0.6) is 0 Å². The van der Waals surface area contributed by atoms with Crippen LogP contribution in [0.2, 0.25) is 10.0 Å². The number of nitrogens with two attached hydrogens (primary N) is 1. The molecule has 0 aromatic heterocycles. The molecule has 7 heteroatoms. The smallest absolute Gasteiger partial charge is 0.240 e. The summed E-state index contributed by atoms with van der Waals surface area (Å²) in [6.07, 6.45) is 1.35. The highest BCUT2D eigenvalue weighted by atomic mass is 35.5. The standard InChI is InChI=1S/C12H13Cl2FN2O.ClH/c1-6(17-11(18)12(16)2-3-12)7-4-10(15)9(14)5-8(7)13;/h4-6H,2-3,16H2,1H3,(H,17,18);1H. The van der Waals surface area contributed by atoms with E-state index in [1.165, 1.54) is 12.1 Å². The summed E-state index contributed by atoms with van der Waals surface area (Å²) >= 11 is 11.6. The molecule has 1 atom stereocenters. The van der Waals surface area contributed by atoms with Gasteiger partial charge in [-0.3, -0.25) is 4.79 Å². The van der Waals surface area contributed by atoms with Gasteiger partial charge in [0.15, 0.2) is 0 Å². The summed E-state index contributed by atoms with van der Waals surface area (Å²) < 4.78 is 13.4. The fraction of sp³-hybridized carbons (Fsp3) is 0.417. The monoisotopic (exact) mass is 326 g/mol. The number of amides is 1. The summed E-state index contributed by atoms with van der Waals surface area (Å²) in [5.41, 5.74) is 5.49. The van der Waals surface area contributed by atoms with E-state index >= 15 is 0 Å². The van der Waals surface area contributed by atoms with Crippen molar-refractivity contribution in [3.63, 3.8) is 0 Å². The lowest BCUT2D eigenvalue weighted by Gasteiger charge is -2.18. The predicted molar refractivity (Wildman–Crippen MR) is 76.4 cm³/mol. The number of benzene rings is 1. The van der Waals surface area contributed by atoms with Gasteiger partial charge in [-0.1, -0.05) is 23.2 Å². The predicted octanol–water partition coefficient (Wildman–Crippen LogP) is 3.22. The fourth-order valence-electron chi connectivity index (χ4n) is 1.65. The quantitative estimate of drug-likeness (QED) is 0.838. The van der Waals surface area contributed by atoms with E-state index in [0.717, 1.165) is 0 Å². The molecule has 3 N–H and O–H groups in total. The van der Waals surface area contributed by atoms with E-state index in [1.54, 1.807) is 6.92 Å². The molecule has 1 aliphatic rings. The highest BCUT2D eigenvalue weighted by molar-refractivity contribution is 6.35. The second kappa shape index (κ2) is 5.83. The van der Waals surface area contributed by atoms with Crippen molar-refractivity contribution in [1.82, 2.24) is 5.32 Å². The molecular weight excluding hydrogens is 314 g/mol. The zero-order valence-corrected chi connectivity index (χ0v) is 12.5. The van der Waals surface area contributed by atoms with E-state index in [2.05, 4.69) is 5.32 Å². The van der Waals surface area contributed by atoms with Crippen molar-refractivity contribution in [2.45, 2.75) is 31.3 Å². The zero-order chi connectivity index (χ0) is 13.5. The Morgan fingerprint density at radius 1 is 1.42 bits per heavy atom. The van der Waals surface area contributed by atoms with Crippen molar-refractivity contribution < 1.29 is 9.18 Å². The number of carbonyl (C=O) groups is 1. The van der Waals surface area contributed by atoms with E-state index in [0.29, 0.717) is 23.4 Å². The van der Waals surface area contributed by atoms with Crippen molar-refractivity contribution in [3.05, 3.63) is 33.6 Å². The Kier molecular flexibility index (Phi) is 5.07. The first-order chi connectivity index (χ1) is 8.33. The minimum atomic E-state index is -0.758. The summed E-state index contributed by atoms with van der Waals surface area (Å²) in [5, 5.41) is 3.00. The van der Waals surface area contributed by atoms with Crippen molar-refractivity contribution in [1.29, 1.82) is 0 Å². The van der Waals surface area contributed by atoms with E-state index in [9.17, 15) is 9.18 Å². The summed E-state index contributed by atoms with van der Waals surface area (Å²) in [6.45, 7) is 1.72. The molecule has 0 bridgehead atoms. The maximum Gasteiger partial charge on any atom is 0.240 e. The van der Waals surface area contributed by atoms with Gasteiger partial charge in [-0.05, 0) is 37.5 Å². The molecular formula is C12H14Cl3FN2O. The number of nitrogens with one attached hydrogen (secondary N) is 1. The normalized spacial score (nSPS) is 17.3. The maximum atomic E-state index is 13.4. The number of hydrogen-bond donors (Lipinski definition) is 2. The molecule has 1 aromatic carbocycles. The van der Waals surface area contributed by atoms with Crippen LogP contribution in [0.25, 0.3) is 0 Å². The first kappa shape index (κ1) is 16.5. The van der Waals surface area contributed by atoms with Gasteiger partial charge in [0, 0.05) is 5.02 Å². The molecule has 1 fully saturated rings. The highest BCUT2D eigenvalue weighted by Crippen LogP contribution is 2.34. The van der Waals surface area contributed by atoms with Crippen LogP contribution in [0.15, 0.2) is 12.1 Å². The molecule has 1 aliphatic carbocycles. The van der Waals surface area contributed by atoms with Gasteiger partial charge >= 0.3 is 0 Å². The number of carbonyl (C=O) groups excluding carboxylic acids is 1. The first-order valence-corrected chi connectivity index (χ1v) is 6.33. The molecule has 3 nitrogen and oxygen atoms in total. The Bertz CT molecular complexity index is 506. The average molecular weight is 328 g/mol. The van der Waals surface area contributed by atoms with E-state index in [1.807, 2.05) is 0 Å². The summed E-state index contributed by atoms with van der Waals surface area (Å²) in [6, 6.07) is 2.13. The Morgan fingerprint density at radius 2 is 2.00 bits per heavy atom. The fourth-order valence-corrected chi connectivity index (χ4v) is 2.20. The van der Waals surface area contributed by atoms with Crippen LogP contribution < -0.4 is 11.1 Å². The van der Waals surface area contributed by atoms with E-state index < -0.39 is 17.4 Å². The van der Waals surface area contributed by atoms with Gasteiger partial charge in [0.1, 0.15) is 5.82 Å². The number of halogens is 4. The van der Waals surface area contributed by atoms with Crippen molar-refractivity contribution in [2.24, 2.45) is 5.73 Å². The number of rotatable bonds is 3. The van der Waals surface area contributed by atoms with Gasteiger partial charge in [-0.25, -0.2) is 4.39 Å². The topological polar surface area (TPSA) is 55.1 Å². The van der Waals surface area contributed by atoms with Crippen molar-refractivity contribution in [2.75, 3.05) is 0 Å². The second-order valence-corrected chi connectivity index (χ2v) is 5.45. The van der Waals surface area contributed by atoms with Crippen molar-refractivity contribution >= 4 is 41.5 Å². The van der Waals surface area contributed by atoms with Gasteiger partial charge in [0.25, 0.3) is 0 Å². The Labute approximate surface area is 127 Å². The summed E-state index contributed by atoms with van der Waals surface area (Å²) in [5.74, 6) is -0.799. The third kappa shape index (κ3) is 3.51. The van der Waals surface area contributed by atoms with Gasteiger partial charge in [-0.2, -0.15) is 0 Å². The van der Waals surface area contributed by atoms with Crippen LogP contribution in [0.4, 0.5) is 4.39 Å². The molecule has 0 saturated heterocycles. The molecule has 2 rings (SSSR count). The molecule has 0 heterocycles. The molecule has 0 radical (unpaired) electrons. The minimum absolute atomic E-state index is 0. The van der Waals surface area contributed by atoms with E-state index in [4.69, 9.17) is 28.9 Å². The minimum Gasteiger partial charge on any atom is -0.348 e. The van der Waals surface area contributed by atoms with Crippen molar-refractivity contribution in [3.8, 4) is 0 Å². The number of hydrogen-bond acceptors (Lipinski definition) is 2. The molecule has 0 aliphatic heterocycles. The van der Waals surface area contributed by atoms with Crippen LogP contribution in [0, 0.1) is 5.82 Å². The molecule has 1 saturated carbocycles. The molecule has 1 unspecified atom stereocenters. The molecule has 1 aromatic rings. The van der Waals surface area contributed by atoms with E-state index in [-0.39, 0.29) is 23.3 Å². The summed E-state index contributed by atoms with van der Waals surface area (Å²) in [4.78, 5) is 11.8. The lowest BCUT2D eigenvalue weighted by molar-refractivity contribution is -0.123. The second-order valence-electron chi connectivity index (χ2n) is 4.64. The molecule has 0 spiro atoms. The third-order valence-electron chi connectivity index (χ3n) is 3.09. The third-order valence-corrected chi connectivity index (χ3v) is 3.71. The largest absolute Gasteiger partial charge is 0.348 e. The average Bonchev–Trinajstić information content (AvgIpc) is 3.03. The van der Waals surface area contributed by atoms with Crippen LogP contribution in [0.3, 0.4) is 0 Å². The Morgan fingerprint density at radius 3 is 2.53 bits per heavy atom. The SMILES string of the molecule is CC(NC(=O)C1(N)CC1)c1cc(F)c(Cl)cc1Cl.Cl. The van der Waals surface area contributed by atoms with Gasteiger partial charge in [0.2, 0.25) is 5.91 Å². The Hall–Kier alpha value is -0.550. The maximum absolute atomic E-state index is 13.4. The molecule has 1 amide bonds. The first-order valence-electron chi connectivity index (χ1n) is 5.58. The lowest BCUT2D eigenvalue weighted by atomic mass is 10.1. The van der Waals surface area contributed by atoms with Gasteiger partial charge in [0.05, 0.1) is 16.6 Å². The van der Waals surface area contributed by atoms with Crippen LogP contribution in [-0.4, -0.2) is 11.4 Å². The van der Waals surface area contributed by atoms with Crippen LogP contribution in [0.1, 0.15) is 31.4 Å². The molecule has 106 valence electrons.